The van der Waals surface area contributed by atoms with E-state index in [2.05, 4.69) is 10.2 Å². The summed E-state index contributed by atoms with van der Waals surface area (Å²) < 4.78 is 28.6. The predicted molar refractivity (Wildman–Crippen MR) is 77.8 cm³/mol. The van der Waals surface area contributed by atoms with E-state index in [0.29, 0.717) is 23.8 Å². The van der Waals surface area contributed by atoms with Gasteiger partial charge in [-0.25, -0.2) is 8.42 Å². The van der Waals surface area contributed by atoms with E-state index in [-0.39, 0.29) is 15.7 Å². The van der Waals surface area contributed by atoms with Gasteiger partial charge in [0.25, 0.3) is 10.0 Å². The van der Waals surface area contributed by atoms with Gasteiger partial charge in [0.1, 0.15) is 21.3 Å². The molecule has 106 valence electrons. The Bertz CT molecular complexity index is 763. The molecule has 2 N–H and O–H groups in total. The molecule has 20 heavy (non-hydrogen) atoms. The lowest BCUT2D eigenvalue weighted by atomic mass is 10.4. The van der Waals surface area contributed by atoms with Crippen LogP contribution in [-0.4, -0.2) is 39.0 Å². The van der Waals surface area contributed by atoms with Gasteiger partial charge < -0.3 is 10.3 Å². The standard InChI is InChI=1S/C10H11N5O2S3/c11-10(18)7-1-2-9(19-7)20(16,17)15-4-3-14-6-12-13-8(14)5-15/h1-2,6H,3-5H2,(H2,11,18). The van der Waals surface area contributed by atoms with Crippen LogP contribution >= 0.6 is 23.6 Å². The van der Waals surface area contributed by atoms with Gasteiger partial charge in [-0.05, 0) is 12.1 Å². The van der Waals surface area contributed by atoms with Crippen LogP contribution in [0.2, 0.25) is 0 Å². The summed E-state index contributed by atoms with van der Waals surface area (Å²) in [7, 11) is -3.54. The molecule has 0 saturated heterocycles. The van der Waals surface area contributed by atoms with Crippen molar-refractivity contribution >= 4 is 38.6 Å². The first-order valence-corrected chi connectivity index (χ1v) is 8.41. The summed E-state index contributed by atoms with van der Waals surface area (Å²) in [5, 5.41) is 7.70. The summed E-state index contributed by atoms with van der Waals surface area (Å²) in [5.41, 5.74) is 5.51. The Labute approximate surface area is 125 Å². The van der Waals surface area contributed by atoms with E-state index in [4.69, 9.17) is 18.0 Å². The monoisotopic (exact) mass is 329 g/mol. The average Bonchev–Trinajstić information content (AvgIpc) is 3.07. The van der Waals surface area contributed by atoms with Crippen LogP contribution < -0.4 is 5.73 Å². The topological polar surface area (TPSA) is 94.1 Å². The van der Waals surface area contributed by atoms with Crippen LogP contribution in [-0.2, 0) is 23.1 Å². The molecule has 0 aromatic carbocycles. The predicted octanol–water partition coefficient (Wildman–Crippen LogP) is 0.178. The summed E-state index contributed by atoms with van der Waals surface area (Å²) in [5.74, 6) is 0.644. The lowest BCUT2D eigenvalue weighted by molar-refractivity contribution is 0.336. The summed E-state index contributed by atoms with van der Waals surface area (Å²) in [6, 6.07) is 3.17. The highest BCUT2D eigenvalue weighted by atomic mass is 32.2. The number of nitrogens with two attached hydrogens (primary N) is 1. The van der Waals surface area contributed by atoms with Gasteiger partial charge in [0, 0.05) is 13.1 Å². The molecule has 2 aromatic heterocycles. The second-order valence-corrected chi connectivity index (χ2v) is 7.95. The largest absolute Gasteiger partial charge is 0.389 e. The summed E-state index contributed by atoms with van der Waals surface area (Å²) in [4.78, 5) is 0.800. The lowest BCUT2D eigenvalue weighted by Crippen LogP contribution is -2.37. The van der Waals surface area contributed by atoms with E-state index in [1.54, 1.807) is 12.4 Å². The van der Waals surface area contributed by atoms with E-state index >= 15 is 0 Å². The van der Waals surface area contributed by atoms with Crippen molar-refractivity contribution in [3.05, 3.63) is 29.2 Å². The number of thiocarbonyl (C=S) groups is 1. The molecule has 0 fully saturated rings. The third kappa shape index (κ3) is 2.24. The molecule has 1 aliphatic heterocycles. The molecule has 0 spiro atoms. The maximum Gasteiger partial charge on any atom is 0.253 e. The number of hydrogen-bond acceptors (Lipinski definition) is 6. The molecular weight excluding hydrogens is 318 g/mol. The number of hydrogen-bond donors (Lipinski definition) is 1. The van der Waals surface area contributed by atoms with Gasteiger partial charge in [-0.2, -0.15) is 4.31 Å². The molecular formula is C10H11N5O2S3. The molecule has 0 bridgehead atoms. The van der Waals surface area contributed by atoms with E-state index < -0.39 is 10.0 Å². The molecule has 7 nitrogen and oxygen atoms in total. The highest BCUT2D eigenvalue weighted by molar-refractivity contribution is 7.91. The maximum absolute atomic E-state index is 12.5. The molecule has 0 amide bonds. The lowest BCUT2D eigenvalue weighted by Gasteiger charge is -2.25. The van der Waals surface area contributed by atoms with Crippen LogP contribution in [0.1, 0.15) is 10.7 Å². The normalized spacial score (nSPS) is 16.0. The molecule has 10 heteroatoms. The van der Waals surface area contributed by atoms with E-state index in [1.165, 1.54) is 10.4 Å². The van der Waals surface area contributed by atoms with Gasteiger partial charge in [-0.3, -0.25) is 0 Å². The second-order valence-electron chi connectivity index (χ2n) is 4.26. The van der Waals surface area contributed by atoms with Crippen LogP contribution in [0.4, 0.5) is 0 Å². The summed E-state index contributed by atoms with van der Waals surface area (Å²) >= 11 is 5.94. The van der Waals surface area contributed by atoms with Crippen LogP contribution in [0.3, 0.4) is 0 Å². The zero-order valence-electron chi connectivity index (χ0n) is 10.3. The molecule has 0 atom stereocenters. The quantitative estimate of drug-likeness (QED) is 0.807. The number of rotatable bonds is 3. The third-order valence-electron chi connectivity index (χ3n) is 3.02. The van der Waals surface area contributed by atoms with Crippen molar-refractivity contribution in [2.24, 2.45) is 5.73 Å². The fourth-order valence-electron chi connectivity index (χ4n) is 1.97. The van der Waals surface area contributed by atoms with Crippen molar-refractivity contribution in [2.45, 2.75) is 17.3 Å². The molecule has 3 heterocycles. The zero-order valence-corrected chi connectivity index (χ0v) is 12.7. The number of nitrogens with zero attached hydrogens (tertiary/aromatic N) is 4. The maximum atomic E-state index is 12.5. The third-order valence-corrected chi connectivity index (χ3v) is 6.80. The average molecular weight is 329 g/mol. The highest BCUT2D eigenvalue weighted by Crippen LogP contribution is 2.27. The van der Waals surface area contributed by atoms with Gasteiger partial charge in [0.2, 0.25) is 0 Å². The molecule has 0 aliphatic carbocycles. The van der Waals surface area contributed by atoms with Gasteiger partial charge >= 0.3 is 0 Å². The molecule has 0 unspecified atom stereocenters. The van der Waals surface area contributed by atoms with Crippen LogP contribution in [0, 0.1) is 0 Å². The number of sulfonamides is 1. The molecule has 3 rings (SSSR count). The van der Waals surface area contributed by atoms with Crippen LogP contribution in [0.25, 0.3) is 0 Å². The van der Waals surface area contributed by atoms with Crippen LogP contribution in [0.5, 0.6) is 0 Å². The molecule has 0 radical (unpaired) electrons. The van der Waals surface area contributed by atoms with Crippen molar-refractivity contribution in [3.8, 4) is 0 Å². The van der Waals surface area contributed by atoms with E-state index in [1.807, 2.05) is 4.57 Å². The molecule has 2 aromatic rings. The Morgan fingerprint density at radius 3 is 2.90 bits per heavy atom. The molecule has 0 saturated carbocycles. The Morgan fingerprint density at radius 2 is 2.20 bits per heavy atom. The van der Waals surface area contributed by atoms with Crippen molar-refractivity contribution < 1.29 is 8.42 Å². The first kappa shape index (κ1) is 13.6. The Hall–Kier alpha value is -1.36. The van der Waals surface area contributed by atoms with Crippen LogP contribution in [0.15, 0.2) is 22.7 Å². The minimum Gasteiger partial charge on any atom is -0.389 e. The minimum absolute atomic E-state index is 0.204. The fourth-order valence-corrected chi connectivity index (χ4v) is 4.86. The summed E-state index contributed by atoms with van der Waals surface area (Å²) in [6.07, 6.45) is 1.61. The summed E-state index contributed by atoms with van der Waals surface area (Å²) in [6.45, 7) is 1.17. The molecule has 1 aliphatic rings. The fraction of sp³-hybridized carbons (Fsp3) is 0.300. The van der Waals surface area contributed by atoms with Gasteiger partial charge in [0.05, 0.1) is 11.4 Å². The first-order valence-electron chi connectivity index (χ1n) is 5.75. The smallest absolute Gasteiger partial charge is 0.253 e. The Balaban J connectivity index is 1.90. The zero-order chi connectivity index (χ0) is 14.3. The number of thiophene rings is 1. The van der Waals surface area contributed by atoms with Gasteiger partial charge in [0.15, 0.2) is 0 Å². The minimum atomic E-state index is -3.54. The second kappa shape index (κ2) is 4.88. The SMILES string of the molecule is NC(=S)c1ccc(S(=O)(=O)N2CCn3cnnc3C2)s1. The van der Waals surface area contributed by atoms with Crippen molar-refractivity contribution in [1.82, 2.24) is 19.1 Å². The van der Waals surface area contributed by atoms with Gasteiger partial charge in [-0.1, -0.05) is 12.2 Å². The van der Waals surface area contributed by atoms with Crippen molar-refractivity contribution in [2.75, 3.05) is 6.54 Å². The number of aromatic nitrogens is 3. The van der Waals surface area contributed by atoms with Gasteiger partial charge in [-0.15, -0.1) is 21.5 Å². The van der Waals surface area contributed by atoms with E-state index in [9.17, 15) is 8.42 Å². The van der Waals surface area contributed by atoms with E-state index in [0.717, 1.165) is 11.3 Å². The van der Waals surface area contributed by atoms with Crippen molar-refractivity contribution in [3.63, 3.8) is 0 Å². The first-order chi connectivity index (χ1) is 9.48. The highest BCUT2D eigenvalue weighted by Gasteiger charge is 2.30. The Kier molecular flexibility index (Phi) is 3.32. The number of fused-ring (bicyclic) bond motifs is 1. The van der Waals surface area contributed by atoms with Crippen molar-refractivity contribution in [1.29, 1.82) is 0 Å². The Morgan fingerprint density at radius 1 is 1.40 bits per heavy atom.